The largest absolute Gasteiger partial charge is 0.491 e. The van der Waals surface area contributed by atoms with Crippen LogP contribution in [-0.4, -0.2) is 54.7 Å². The number of ether oxygens (including phenoxy) is 3. The molecule has 0 unspecified atom stereocenters. The maximum absolute atomic E-state index is 9.97. The molecule has 2 atom stereocenters. The van der Waals surface area contributed by atoms with Crippen LogP contribution in [0, 0.1) is 0 Å². The Morgan fingerprint density at radius 2 is 1.29 bits per heavy atom. The van der Waals surface area contributed by atoms with E-state index >= 15 is 0 Å². The molecule has 6 heteroatoms. The highest BCUT2D eigenvalue weighted by molar-refractivity contribution is 6.18. The fraction of sp³-hybridized carbons (Fsp3) is 0.520. The van der Waals surface area contributed by atoms with Crippen molar-refractivity contribution in [1.29, 1.82) is 0 Å². The van der Waals surface area contributed by atoms with Crippen LogP contribution in [0.3, 0.4) is 0 Å². The first-order valence-electron chi connectivity index (χ1n) is 10.8. The second kappa shape index (κ2) is 12.9. The first-order valence-corrected chi connectivity index (χ1v) is 11.4. The van der Waals surface area contributed by atoms with Crippen molar-refractivity contribution < 1.29 is 24.4 Å². The maximum atomic E-state index is 9.97. The lowest BCUT2D eigenvalue weighted by Gasteiger charge is -2.26. The summed E-state index contributed by atoms with van der Waals surface area (Å²) < 4.78 is 16.7. The molecular weight excluding hydrogens is 416 g/mol. The van der Waals surface area contributed by atoms with Crippen molar-refractivity contribution in [2.45, 2.75) is 51.2 Å². The summed E-state index contributed by atoms with van der Waals surface area (Å²) in [7, 11) is 0. The van der Waals surface area contributed by atoms with Gasteiger partial charge in [0.05, 0.1) is 12.5 Å². The number of aliphatic hydroxyl groups excluding tert-OH is 2. The quantitative estimate of drug-likeness (QED) is 0.326. The molecule has 2 aromatic carbocycles. The van der Waals surface area contributed by atoms with Gasteiger partial charge in [-0.25, -0.2) is 0 Å². The van der Waals surface area contributed by atoms with Gasteiger partial charge in [-0.2, -0.15) is 0 Å². The predicted molar refractivity (Wildman–Crippen MR) is 124 cm³/mol. The summed E-state index contributed by atoms with van der Waals surface area (Å²) in [4.78, 5) is 0. The molecule has 31 heavy (non-hydrogen) atoms. The average molecular weight is 451 g/mol. The molecule has 2 rings (SSSR count). The Morgan fingerprint density at radius 1 is 0.806 bits per heavy atom. The van der Waals surface area contributed by atoms with Crippen LogP contribution >= 0.6 is 11.6 Å². The summed E-state index contributed by atoms with van der Waals surface area (Å²) in [5.74, 6) is 1.56. The predicted octanol–water partition coefficient (Wildman–Crippen LogP) is 4.55. The summed E-state index contributed by atoms with van der Waals surface area (Å²) in [5.41, 5.74) is 2.08. The van der Waals surface area contributed by atoms with Crippen LogP contribution in [0.25, 0.3) is 0 Å². The second-order valence-electron chi connectivity index (χ2n) is 8.19. The molecule has 0 aliphatic rings. The number of benzene rings is 2. The third-order valence-corrected chi connectivity index (χ3v) is 5.52. The van der Waals surface area contributed by atoms with Gasteiger partial charge in [-0.3, -0.25) is 0 Å². The number of halogens is 1. The van der Waals surface area contributed by atoms with E-state index < -0.39 is 12.2 Å². The Hall–Kier alpha value is -1.79. The third-order valence-electron chi connectivity index (χ3n) is 5.17. The Bertz CT molecular complexity index is 746. The Morgan fingerprint density at radius 3 is 1.74 bits per heavy atom. The number of aliphatic hydroxyl groups is 2. The van der Waals surface area contributed by atoms with Gasteiger partial charge in [-0.05, 0) is 41.8 Å². The van der Waals surface area contributed by atoms with Gasteiger partial charge in [-0.15, -0.1) is 11.6 Å². The monoisotopic (exact) mass is 450 g/mol. The van der Waals surface area contributed by atoms with Gasteiger partial charge < -0.3 is 24.4 Å². The molecule has 0 amide bonds. The minimum absolute atomic E-state index is 0.149. The van der Waals surface area contributed by atoms with Gasteiger partial charge in [0.15, 0.2) is 0 Å². The van der Waals surface area contributed by atoms with E-state index in [0.717, 1.165) is 24.0 Å². The van der Waals surface area contributed by atoms with Crippen molar-refractivity contribution in [3.63, 3.8) is 0 Å². The molecule has 0 spiro atoms. The summed E-state index contributed by atoms with van der Waals surface area (Å²) in [6.07, 6.45) is 0.761. The van der Waals surface area contributed by atoms with Crippen LogP contribution in [0.1, 0.15) is 44.7 Å². The van der Waals surface area contributed by atoms with Crippen molar-refractivity contribution in [2.24, 2.45) is 0 Å². The number of alkyl halides is 1. The van der Waals surface area contributed by atoms with E-state index in [9.17, 15) is 10.2 Å². The van der Waals surface area contributed by atoms with E-state index in [1.807, 2.05) is 48.5 Å². The van der Waals surface area contributed by atoms with Crippen LogP contribution in [0.15, 0.2) is 48.5 Å². The molecule has 0 radical (unpaired) electrons. The van der Waals surface area contributed by atoms with Crippen LogP contribution in [0.2, 0.25) is 0 Å². The molecule has 2 aromatic rings. The minimum atomic E-state index is -0.673. The van der Waals surface area contributed by atoms with Crippen LogP contribution in [0.5, 0.6) is 11.5 Å². The van der Waals surface area contributed by atoms with Gasteiger partial charge >= 0.3 is 0 Å². The Balaban J connectivity index is 1.90. The van der Waals surface area contributed by atoms with Crippen LogP contribution in [-0.2, 0) is 10.2 Å². The van der Waals surface area contributed by atoms with E-state index in [0.29, 0.717) is 18.1 Å². The van der Waals surface area contributed by atoms with E-state index in [4.69, 9.17) is 25.8 Å². The van der Waals surface area contributed by atoms with Gasteiger partial charge in [0.25, 0.3) is 0 Å². The van der Waals surface area contributed by atoms with Crippen molar-refractivity contribution in [2.75, 3.05) is 32.3 Å². The molecule has 0 aliphatic heterocycles. The lowest BCUT2D eigenvalue weighted by Crippen LogP contribution is -2.23. The molecule has 0 aromatic heterocycles. The van der Waals surface area contributed by atoms with Crippen molar-refractivity contribution in [1.82, 2.24) is 0 Å². The number of hydrogen-bond acceptors (Lipinski definition) is 5. The molecule has 5 nitrogen and oxygen atoms in total. The molecule has 0 heterocycles. The Labute approximate surface area is 190 Å². The minimum Gasteiger partial charge on any atom is -0.491 e. The molecule has 0 aliphatic carbocycles. The zero-order valence-corrected chi connectivity index (χ0v) is 19.5. The molecule has 172 valence electrons. The van der Waals surface area contributed by atoms with Gasteiger partial charge in [0.1, 0.15) is 36.9 Å². The molecule has 2 N–H and O–H groups in total. The molecule has 0 saturated carbocycles. The zero-order chi connectivity index (χ0) is 22.7. The fourth-order valence-electron chi connectivity index (χ4n) is 3.05. The van der Waals surface area contributed by atoms with E-state index in [2.05, 4.69) is 20.8 Å². The molecule has 0 bridgehead atoms. The SMILES string of the molecule is CCCCOC[C@@H](O)COc1ccc(C(C)(C)c2ccc(OC[C@H](O)CCl)cc2)cc1. The summed E-state index contributed by atoms with van der Waals surface area (Å²) in [6, 6.07) is 15.8. The van der Waals surface area contributed by atoms with Gasteiger partial charge in [-0.1, -0.05) is 51.5 Å². The molecular formula is C25H35ClO5. The summed E-state index contributed by atoms with van der Waals surface area (Å²) >= 11 is 5.59. The highest BCUT2D eigenvalue weighted by Crippen LogP contribution is 2.33. The number of unbranched alkanes of at least 4 members (excludes halogenated alkanes) is 1. The lowest BCUT2D eigenvalue weighted by atomic mass is 9.78. The second-order valence-corrected chi connectivity index (χ2v) is 8.49. The van der Waals surface area contributed by atoms with E-state index in [-0.39, 0.29) is 31.1 Å². The normalized spacial score (nSPS) is 13.6. The zero-order valence-electron chi connectivity index (χ0n) is 18.7. The van der Waals surface area contributed by atoms with Crippen molar-refractivity contribution >= 4 is 11.6 Å². The smallest absolute Gasteiger partial charge is 0.119 e. The fourth-order valence-corrected chi connectivity index (χ4v) is 3.13. The van der Waals surface area contributed by atoms with Gasteiger partial charge in [0, 0.05) is 12.0 Å². The first kappa shape index (κ1) is 25.5. The number of rotatable bonds is 14. The third kappa shape index (κ3) is 8.34. The van der Waals surface area contributed by atoms with E-state index in [1.165, 1.54) is 0 Å². The first-order chi connectivity index (χ1) is 14.9. The Kier molecular flexibility index (Phi) is 10.6. The highest BCUT2D eigenvalue weighted by Gasteiger charge is 2.23. The average Bonchev–Trinajstić information content (AvgIpc) is 2.79. The molecule has 0 saturated heterocycles. The lowest BCUT2D eigenvalue weighted by molar-refractivity contribution is 0.0113. The van der Waals surface area contributed by atoms with Crippen LogP contribution in [0.4, 0.5) is 0 Å². The highest BCUT2D eigenvalue weighted by atomic mass is 35.5. The van der Waals surface area contributed by atoms with Crippen molar-refractivity contribution in [3.8, 4) is 11.5 Å². The maximum Gasteiger partial charge on any atom is 0.119 e. The molecule has 0 fully saturated rings. The topological polar surface area (TPSA) is 68.2 Å². The number of hydrogen-bond donors (Lipinski definition) is 2. The van der Waals surface area contributed by atoms with Crippen molar-refractivity contribution in [3.05, 3.63) is 59.7 Å². The standard InChI is InChI=1S/C25H35ClO5/c1-4-5-14-29-16-22(28)18-31-24-12-8-20(9-13-24)25(2,3)19-6-10-23(11-7-19)30-17-21(27)15-26/h6-13,21-22,27-28H,4-5,14-18H2,1-3H3/t21-,22-/m1/s1. The van der Waals surface area contributed by atoms with Crippen LogP contribution < -0.4 is 9.47 Å². The summed E-state index contributed by atoms with van der Waals surface area (Å²) in [5, 5.41) is 19.5. The van der Waals surface area contributed by atoms with Gasteiger partial charge in [0.2, 0.25) is 0 Å². The van der Waals surface area contributed by atoms with E-state index in [1.54, 1.807) is 0 Å². The summed E-state index contributed by atoms with van der Waals surface area (Å²) in [6.45, 7) is 7.76.